The summed E-state index contributed by atoms with van der Waals surface area (Å²) >= 11 is 12.7. The number of aliphatic imine (C=N–C) groups is 1. The number of nitrogens with zero attached hydrogens (tertiary/aromatic N) is 4. The first-order valence-electron chi connectivity index (χ1n) is 8.97. The van der Waals surface area contributed by atoms with Crippen molar-refractivity contribution in [1.29, 1.82) is 0 Å². The fraction of sp³-hybridized carbons (Fsp3) is 0.300. The van der Waals surface area contributed by atoms with Gasteiger partial charge in [-0.2, -0.15) is 0 Å². The number of aliphatic hydroxyl groups excluding tert-OH is 1. The second-order valence-electron chi connectivity index (χ2n) is 6.66. The van der Waals surface area contributed by atoms with E-state index in [1.54, 1.807) is 23.4 Å². The maximum atomic E-state index is 10.5. The molecule has 0 aliphatic carbocycles. The van der Waals surface area contributed by atoms with Crippen LogP contribution in [0.2, 0.25) is 10.0 Å². The van der Waals surface area contributed by atoms with Gasteiger partial charge in [-0.15, -0.1) is 0 Å². The van der Waals surface area contributed by atoms with Gasteiger partial charge < -0.3 is 19.6 Å². The van der Waals surface area contributed by atoms with Gasteiger partial charge in [-0.25, -0.2) is 4.99 Å². The van der Waals surface area contributed by atoms with Gasteiger partial charge in [0, 0.05) is 47.2 Å². The van der Waals surface area contributed by atoms with Gasteiger partial charge >= 0.3 is 0 Å². The van der Waals surface area contributed by atoms with E-state index >= 15 is 0 Å². The Labute approximate surface area is 173 Å². The second kappa shape index (κ2) is 8.09. The van der Waals surface area contributed by atoms with Crippen molar-refractivity contribution >= 4 is 34.9 Å². The van der Waals surface area contributed by atoms with Crippen LogP contribution in [-0.2, 0) is 4.74 Å². The molecule has 2 aromatic rings. The van der Waals surface area contributed by atoms with Crippen LogP contribution in [0.3, 0.4) is 0 Å². The molecule has 1 aromatic carbocycles. The van der Waals surface area contributed by atoms with E-state index in [0.29, 0.717) is 41.4 Å². The highest BCUT2D eigenvalue weighted by Gasteiger charge is 2.31. The Kier molecular flexibility index (Phi) is 5.55. The summed E-state index contributed by atoms with van der Waals surface area (Å²) in [6, 6.07) is 9.18. The average molecular weight is 419 g/mol. The number of aliphatic hydroxyl groups is 1. The molecule has 4 rings (SSSR count). The van der Waals surface area contributed by atoms with Crippen molar-refractivity contribution < 1.29 is 9.84 Å². The zero-order chi connectivity index (χ0) is 19.7. The van der Waals surface area contributed by atoms with E-state index in [1.165, 1.54) is 0 Å². The zero-order valence-electron chi connectivity index (χ0n) is 15.3. The number of ether oxygens (including phenoxy) is 1. The molecule has 0 radical (unpaired) electrons. The standard InChI is InChI=1S/C20H20Cl2N4O2/c1-25-18(27)11-16(13-5-7-23-8-6-13)24-20(25)26-9-10-28-17(12-26)19-14(21)3-2-4-15(19)22/h2-8,11,17-18,27H,9-10,12H2,1H3/t17?,18-/m0/s1. The Balaban J connectivity index is 1.63. The lowest BCUT2D eigenvalue weighted by molar-refractivity contribution is -0.0142. The van der Waals surface area contributed by atoms with Gasteiger partial charge in [0.1, 0.15) is 6.10 Å². The molecule has 1 N–H and O–H groups in total. The highest BCUT2D eigenvalue weighted by Crippen LogP contribution is 2.35. The maximum absolute atomic E-state index is 10.5. The Bertz CT molecular complexity index is 899. The third-order valence-electron chi connectivity index (χ3n) is 4.89. The lowest BCUT2D eigenvalue weighted by Crippen LogP contribution is -2.52. The van der Waals surface area contributed by atoms with Crippen LogP contribution >= 0.6 is 23.2 Å². The third kappa shape index (κ3) is 3.73. The largest absolute Gasteiger partial charge is 0.370 e. The van der Waals surface area contributed by atoms with Crippen molar-refractivity contribution in [3.63, 3.8) is 0 Å². The summed E-state index contributed by atoms with van der Waals surface area (Å²) in [5, 5.41) is 11.7. The van der Waals surface area contributed by atoms with Gasteiger partial charge in [0.2, 0.25) is 5.96 Å². The summed E-state index contributed by atoms with van der Waals surface area (Å²) in [6.45, 7) is 1.69. The molecule has 3 heterocycles. The van der Waals surface area contributed by atoms with Crippen molar-refractivity contribution in [2.45, 2.75) is 12.3 Å². The van der Waals surface area contributed by atoms with Gasteiger partial charge in [-0.3, -0.25) is 4.98 Å². The molecule has 146 valence electrons. The molecule has 0 bridgehead atoms. The lowest BCUT2D eigenvalue weighted by Gasteiger charge is -2.40. The van der Waals surface area contributed by atoms with Crippen LogP contribution in [0.25, 0.3) is 5.70 Å². The first kappa shape index (κ1) is 19.2. The van der Waals surface area contributed by atoms with E-state index in [9.17, 15) is 5.11 Å². The Hall–Kier alpha value is -2.12. The number of aromatic nitrogens is 1. The van der Waals surface area contributed by atoms with Crippen molar-refractivity contribution in [1.82, 2.24) is 14.8 Å². The maximum Gasteiger partial charge on any atom is 0.204 e. The van der Waals surface area contributed by atoms with Crippen molar-refractivity contribution in [3.05, 3.63) is 70.0 Å². The molecule has 2 aliphatic rings. The minimum atomic E-state index is -0.777. The highest BCUT2D eigenvalue weighted by atomic mass is 35.5. The van der Waals surface area contributed by atoms with Gasteiger partial charge in [0.05, 0.1) is 18.8 Å². The van der Waals surface area contributed by atoms with Gasteiger partial charge in [0.15, 0.2) is 6.23 Å². The number of morpholine rings is 1. The van der Waals surface area contributed by atoms with E-state index in [1.807, 2.05) is 37.4 Å². The Morgan fingerprint density at radius 2 is 1.86 bits per heavy atom. The first-order chi connectivity index (χ1) is 13.5. The number of pyridine rings is 1. The fourth-order valence-electron chi connectivity index (χ4n) is 3.40. The lowest BCUT2D eigenvalue weighted by atomic mass is 10.1. The van der Waals surface area contributed by atoms with Crippen LogP contribution < -0.4 is 0 Å². The average Bonchev–Trinajstić information content (AvgIpc) is 2.71. The van der Waals surface area contributed by atoms with Crippen LogP contribution in [0, 0.1) is 0 Å². The molecule has 0 spiro atoms. The Morgan fingerprint density at radius 1 is 1.14 bits per heavy atom. The molecule has 6 nitrogen and oxygen atoms in total. The molecule has 0 saturated carbocycles. The van der Waals surface area contributed by atoms with Crippen LogP contribution in [0.4, 0.5) is 0 Å². The van der Waals surface area contributed by atoms with E-state index in [-0.39, 0.29) is 6.10 Å². The summed E-state index contributed by atoms with van der Waals surface area (Å²) < 4.78 is 5.95. The van der Waals surface area contributed by atoms with Gasteiger partial charge in [0.25, 0.3) is 0 Å². The monoisotopic (exact) mass is 418 g/mol. The number of halogens is 2. The highest BCUT2D eigenvalue weighted by molar-refractivity contribution is 6.36. The predicted octanol–water partition coefficient (Wildman–Crippen LogP) is 3.42. The minimum absolute atomic E-state index is 0.279. The summed E-state index contributed by atoms with van der Waals surface area (Å²) in [4.78, 5) is 12.7. The Morgan fingerprint density at radius 3 is 2.57 bits per heavy atom. The summed E-state index contributed by atoms with van der Waals surface area (Å²) in [7, 11) is 1.82. The van der Waals surface area contributed by atoms with Gasteiger partial charge in [-0.05, 0) is 30.3 Å². The molecule has 1 saturated heterocycles. The summed E-state index contributed by atoms with van der Waals surface area (Å²) in [6.07, 6.45) is 4.08. The number of benzene rings is 1. The van der Waals surface area contributed by atoms with Crippen LogP contribution in [0.5, 0.6) is 0 Å². The molecule has 1 fully saturated rings. The SMILES string of the molecule is CN1C(N2CCOC(c3c(Cl)cccc3Cl)C2)=NC(c2ccncc2)=C[C@@H]1O. The summed E-state index contributed by atoms with van der Waals surface area (Å²) in [5.74, 6) is 0.679. The van der Waals surface area contributed by atoms with Crippen molar-refractivity contribution in [2.75, 3.05) is 26.7 Å². The predicted molar refractivity (Wildman–Crippen MR) is 110 cm³/mol. The second-order valence-corrected chi connectivity index (χ2v) is 7.48. The molecule has 2 atom stereocenters. The van der Waals surface area contributed by atoms with Crippen LogP contribution in [-0.4, -0.2) is 58.8 Å². The van der Waals surface area contributed by atoms with Crippen molar-refractivity contribution in [3.8, 4) is 0 Å². The van der Waals surface area contributed by atoms with Crippen LogP contribution in [0.15, 0.2) is 53.8 Å². The fourth-order valence-corrected chi connectivity index (χ4v) is 4.04. The van der Waals surface area contributed by atoms with E-state index < -0.39 is 6.23 Å². The molecule has 2 aliphatic heterocycles. The molecule has 28 heavy (non-hydrogen) atoms. The number of hydrogen-bond donors (Lipinski definition) is 1. The smallest absolute Gasteiger partial charge is 0.204 e. The van der Waals surface area contributed by atoms with E-state index in [4.69, 9.17) is 32.9 Å². The number of rotatable bonds is 2. The van der Waals surface area contributed by atoms with E-state index in [2.05, 4.69) is 9.88 Å². The van der Waals surface area contributed by atoms with Crippen LogP contribution in [0.1, 0.15) is 17.2 Å². The molecule has 1 unspecified atom stereocenters. The molecule has 1 aromatic heterocycles. The number of guanidine groups is 1. The number of likely N-dealkylation sites (N-methyl/N-ethyl adjacent to an activating group) is 1. The normalized spacial score (nSPS) is 22.7. The quantitative estimate of drug-likeness (QED) is 0.809. The summed E-state index contributed by atoms with van der Waals surface area (Å²) in [5.41, 5.74) is 2.39. The number of hydrogen-bond acceptors (Lipinski definition) is 6. The minimum Gasteiger partial charge on any atom is -0.370 e. The molecular formula is C20H20Cl2N4O2. The molecule has 0 amide bonds. The third-order valence-corrected chi connectivity index (χ3v) is 5.55. The molecule has 8 heteroatoms. The topological polar surface area (TPSA) is 61.2 Å². The molecular weight excluding hydrogens is 399 g/mol. The first-order valence-corrected chi connectivity index (χ1v) is 9.72. The van der Waals surface area contributed by atoms with Crippen molar-refractivity contribution in [2.24, 2.45) is 4.99 Å². The van der Waals surface area contributed by atoms with E-state index in [0.717, 1.165) is 11.1 Å². The zero-order valence-corrected chi connectivity index (χ0v) is 16.8. The van der Waals surface area contributed by atoms with Gasteiger partial charge in [-0.1, -0.05) is 29.3 Å².